The van der Waals surface area contributed by atoms with Gasteiger partial charge in [0, 0.05) is 3.57 Å². The van der Waals surface area contributed by atoms with E-state index in [-0.39, 0.29) is 16.8 Å². The van der Waals surface area contributed by atoms with E-state index in [1.165, 1.54) is 18.2 Å². The van der Waals surface area contributed by atoms with E-state index in [0.29, 0.717) is 9.26 Å². The van der Waals surface area contributed by atoms with E-state index in [4.69, 9.17) is 11.6 Å². The number of benzene rings is 1. The molecule has 0 spiro atoms. The molecule has 9 heteroatoms. The molecule has 1 aromatic carbocycles. The SMILES string of the molecule is O=[N+]([O-])c1cnc(Cl)nc1Nc1ccc(F)cc1I. The highest BCUT2D eigenvalue weighted by Crippen LogP contribution is 2.28. The number of aromatic nitrogens is 2. The Morgan fingerprint density at radius 1 is 1.47 bits per heavy atom. The molecule has 0 amide bonds. The third kappa shape index (κ3) is 3.26. The van der Waals surface area contributed by atoms with Crippen LogP contribution in [-0.2, 0) is 0 Å². The van der Waals surface area contributed by atoms with E-state index in [0.717, 1.165) is 6.20 Å². The van der Waals surface area contributed by atoms with Gasteiger partial charge in [-0.2, -0.15) is 4.98 Å². The molecule has 98 valence electrons. The van der Waals surface area contributed by atoms with Crippen molar-refractivity contribution in [1.29, 1.82) is 0 Å². The minimum absolute atomic E-state index is 0.0467. The summed E-state index contributed by atoms with van der Waals surface area (Å²) in [5, 5.41) is 13.5. The topological polar surface area (TPSA) is 81.0 Å². The van der Waals surface area contributed by atoms with Gasteiger partial charge in [-0.25, -0.2) is 9.37 Å². The predicted octanol–water partition coefficient (Wildman–Crippen LogP) is 3.53. The number of nitrogens with one attached hydrogen (secondary N) is 1. The summed E-state index contributed by atoms with van der Waals surface area (Å²) in [4.78, 5) is 17.5. The number of halogens is 3. The van der Waals surface area contributed by atoms with Gasteiger partial charge in [0.1, 0.15) is 12.0 Å². The van der Waals surface area contributed by atoms with Crippen LogP contribution in [0.15, 0.2) is 24.4 Å². The lowest BCUT2D eigenvalue weighted by atomic mass is 10.3. The molecule has 0 radical (unpaired) electrons. The highest BCUT2D eigenvalue weighted by Gasteiger charge is 2.17. The van der Waals surface area contributed by atoms with Gasteiger partial charge in [-0.15, -0.1) is 0 Å². The fourth-order valence-electron chi connectivity index (χ4n) is 1.30. The van der Waals surface area contributed by atoms with E-state index in [2.05, 4.69) is 15.3 Å². The summed E-state index contributed by atoms with van der Waals surface area (Å²) in [5.74, 6) is -0.445. The molecule has 0 fully saturated rings. The van der Waals surface area contributed by atoms with Gasteiger partial charge >= 0.3 is 5.69 Å². The highest BCUT2D eigenvalue weighted by atomic mass is 127. The van der Waals surface area contributed by atoms with Crippen molar-refractivity contribution in [3.05, 3.63) is 49.2 Å². The lowest BCUT2D eigenvalue weighted by Crippen LogP contribution is -2.02. The van der Waals surface area contributed by atoms with E-state index in [9.17, 15) is 14.5 Å². The first-order valence-electron chi connectivity index (χ1n) is 4.86. The van der Waals surface area contributed by atoms with E-state index < -0.39 is 10.7 Å². The molecule has 1 N–H and O–H groups in total. The third-order valence-corrected chi connectivity index (χ3v) is 3.20. The van der Waals surface area contributed by atoms with Crippen molar-refractivity contribution in [3.63, 3.8) is 0 Å². The average molecular weight is 395 g/mol. The summed E-state index contributed by atoms with van der Waals surface area (Å²) in [5.41, 5.74) is 0.171. The first-order valence-corrected chi connectivity index (χ1v) is 6.32. The summed E-state index contributed by atoms with van der Waals surface area (Å²) >= 11 is 7.51. The van der Waals surface area contributed by atoms with Crippen LogP contribution in [0.2, 0.25) is 5.28 Å². The molecule has 0 aliphatic heterocycles. The smallest absolute Gasteiger partial charge is 0.329 e. The fraction of sp³-hybridized carbons (Fsp3) is 0. The molecule has 2 aromatic rings. The van der Waals surface area contributed by atoms with Crippen molar-refractivity contribution in [2.75, 3.05) is 5.32 Å². The largest absolute Gasteiger partial charge is 0.333 e. The van der Waals surface area contributed by atoms with Gasteiger partial charge in [0.25, 0.3) is 0 Å². The fourth-order valence-corrected chi connectivity index (χ4v) is 2.04. The van der Waals surface area contributed by atoms with Crippen LogP contribution in [0.3, 0.4) is 0 Å². The molecule has 0 aliphatic rings. The second-order valence-corrected chi connectivity index (χ2v) is 4.88. The Balaban J connectivity index is 2.42. The van der Waals surface area contributed by atoms with Crippen molar-refractivity contribution in [3.8, 4) is 0 Å². The van der Waals surface area contributed by atoms with Crippen LogP contribution in [-0.4, -0.2) is 14.9 Å². The van der Waals surface area contributed by atoms with Crippen LogP contribution in [0.1, 0.15) is 0 Å². The molecule has 0 saturated heterocycles. The predicted molar refractivity (Wildman–Crippen MR) is 76.1 cm³/mol. The maximum absolute atomic E-state index is 13.0. The van der Waals surface area contributed by atoms with Crippen LogP contribution in [0.25, 0.3) is 0 Å². The van der Waals surface area contributed by atoms with Crippen LogP contribution in [0.4, 0.5) is 21.6 Å². The van der Waals surface area contributed by atoms with Gasteiger partial charge < -0.3 is 5.32 Å². The Hall–Kier alpha value is -1.55. The molecule has 0 aliphatic carbocycles. The number of nitrogens with zero attached hydrogens (tertiary/aromatic N) is 3. The van der Waals surface area contributed by atoms with E-state index >= 15 is 0 Å². The van der Waals surface area contributed by atoms with Gasteiger partial charge in [-0.1, -0.05) is 0 Å². The van der Waals surface area contributed by atoms with Gasteiger partial charge in [-0.05, 0) is 52.4 Å². The Morgan fingerprint density at radius 2 is 2.21 bits per heavy atom. The Bertz CT molecular complexity index is 655. The molecule has 0 saturated carbocycles. The first-order chi connectivity index (χ1) is 8.97. The molecule has 2 rings (SSSR count). The normalized spacial score (nSPS) is 10.3. The zero-order valence-electron chi connectivity index (χ0n) is 9.10. The minimum Gasteiger partial charge on any atom is -0.333 e. The Labute approximate surface area is 125 Å². The van der Waals surface area contributed by atoms with Crippen molar-refractivity contribution in [1.82, 2.24) is 9.97 Å². The summed E-state index contributed by atoms with van der Waals surface area (Å²) < 4.78 is 13.5. The van der Waals surface area contributed by atoms with Crippen molar-refractivity contribution >= 4 is 51.4 Å². The lowest BCUT2D eigenvalue weighted by molar-refractivity contribution is -0.384. The van der Waals surface area contributed by atoms with Gasteiger partial charge in [0.15, 0.2) is 0 Å². The maximum atomic E-state index is 13.0. The van der Waals surface area contributed by atoms with Crippen LogP contribution in [0.5, 0.6) is 0 Å². The molecule has 1 aromatic heterocycles. The summed E-state index contributed by atoms with van der Waals surface area (Å²) in [6.07, 6.45) is 1.01. The van der Waals surface area contributed by atoms with Crippen molar-refractivity contribution < 1.29 is 9.31 Å². The van der Waals surface area contributed by atoms with Crippen LogP contribution in [0, 0.1) is 19.5 Å². The molecule has 6 nitrogen and oxygen atoms in total. The van der Waals surface area contributed by atoms with Gasteiger partial charge in [0.2, 0.25) is 11.1 Å². The Morgan fingerprint density at radius 3 is 2.84 bits per heavy atom. The molecule has 0 bridgehead atoms. The molecule has 0 unspecified atom stereocenters. The number of rotatable bonds is 3. The Kier molecular flexibility index (Phi) is 4.10. The van der Waals surface area contributed by atoms with Crippen LogP contribution < -0.4 is 5.32 Å². The number of nitro groups is 1. The van der Waals surface area contributed by atoms with Gasteiger partial charge in [0.05, 0.1) is 10.6 Å². The number of anilines is 2. The van der Waals surface area contributed by atoms with Crippen LogP contribution >= 0.6 is 34.2 Å². The lowest BCUT2D eigenvalue weighted by Gasteiger charge is -2.08. The zero-order chi connectivity index (χ0) is 14.0. The first kappa shape index (κ1) is 13.9. The summed E-state index contributed by atoms with van der Waals surface area (Å²) in [7, 11) is 0. The average Bonchev–Trinajstić information content (AvgIpc) is 2.32. The molecule has 0 atom stereocenters. The van der Waals surface area contributed by atoms with E-state index in [1.807, 2.05) is 22.6 Å². The molecule has 19 heavy (non-hydrogen) atoms. The monoisotopic (exact) mass is 394 g/mol. The van der Waals surface area contributed by atoms with Crippen molar-refractivity contribution in [2.45, 2.75) is 0 Å². The quantitative estimate of drug-likeness (QED) is 0.373. The second-order valence-electron chi connectivity index (χ2n) is 3.38. The maximum Gasteiger partial charge on any atom is 0.329 e. The van der Waals surface area contributed by atoms with E-state index in [1.54, 1.807) is 0 Å². The minimum atomic E-state index is -0.630. The number of hydrogen-bond donors (Lipinski definition) is 1. The van der Waals surface area contributed by atoms with Crippen molar-refractivity contribution in [2.24, 2.45) is 0 Å². The van der Waals surface area contributed by atoms with Gasteiger partial charge in [-0.3, -0.25) is 10.1 Å². The molecule has 1 heterocycles. The number of hydrogen-bond acceptors (Lipinski definition) is 5. The zero-order valence-corrected chi connectivity index (χ0v) is 12.0. The second kappa shape index (κ2) is 5.61. The summed E-state index contributed by atoms with van der Waals surface area (Å²) in [6, 6.07) is 3.98. The highest BCUT2D eigenvalue weighted by molar-refractivity contribution is 14.1. The summed E-state index contributed by atoms with van der Waals surface area (Å²) in [6.45, 7) is 0. The standard InChI is InChI=1S/C10H5ClFIN4O2/c11-10-14-4-8(17(18)19)9(16-10)15-7-2-1-5(12)3-6(7)13/h1-4H,(H,14,15,16). The third-order valence-electron chi connectivity index (χ3n) is 2.12. The molecular weight excluding hydrogens is 389 g/mol. The molecular formula is C10H5ClFIN4O2.